The molecule has 18 heavy (non-hydrogen) atoms. The minimum Gasteiger partial charge on any atom is -0.342 e. The van der Waals surface area contributed by atoms with E-state index in [1.807, 2.05) is 18.2 Å². The molecule has 0 fully saturated rings. The van der Waals surface area contributed by atoms with Crippen LogP contribution in [0.4, 0.5) is 0 Å². The van der Waals surface area contributed by atoms with Crippen LogP contribution < -0.4 is 5.32 Å². The first kappa shape index (κ1) is 13.4. The van der Waals surface area contributed by atoms with E-state index in [2.05, 4.69) is 29.1 Å². The summed E-state index contributed by atoms with van der Waals surface area (Å²) in [5.41, 5.74) is 2.00. The molecule has 0 radical (unpaired) electrons. The van der Waals surface area contributed by atoms with Crippen LogP contribution in [0.5, 0.6) is 0 Å². The molecule has 1 aromatic heterocycles. The van der Waals surface area contributed by atoms with Crippen molar-refractivity contribution >= 4 is 22.6 Å². The highest BCUT2D eigenvalue weighted by molar-refractivity contribution is 6.31. The molecule has 1 aromatic carbocycles. The van der Waals surface area contributed by atoms with Crippen LogP contribution in [0, 0.1) is 5.92 Å². The molecular weight excluding hydrogens is 246 g/mol. The van der Waals surface area contributed by atoms with Crippen LogP contribution in [-0.4, -0.2) is 23.1 Å². The third-order valence-corrected chi connectivity index (χ3v) is 3.17. The minimum atomic E-state index is 0.743. The number of imidazole rings is 1. The largest absolute Gasteiger partial charge is 0.342 e. The van der Waals surface area contributed by atoms with Gasteiger partial charge in [-0.2, -0.15) is 0 Å². The Kier molecular flexibility index (Phi) is 4.61. The lowest BCUT2D eigenvalue weighted by Crippen LogP contribution is -2.20. The number of fused-ring (bicyclic) bond motifs is 1. The van der Waals surface area contributed by atoms with Crippen molar-refractivity contribution in [2.45, 2.75) is 26.7 Å². The van der Waals surface area contributed by atoms with E-state index in [0.717, 1.165) is 47.3 Å². The van der Waals surface area contributed by atoms with Gasteiger partial charge in [-0.15, -0.1) is 0 Å². The Morgan fingerprint density at radius 3 is 2.94 bits per heavy atom. The quantitative estimate of drug-likeness (QED) is 0.786. The first-order chi connectivity index (χ1) is 8.65. The Hall–Kier alpha value is -1.06. The predicted octanol–water partition coefficient (Wildman–Crippen LogP) is 3.39. The van der Waals surface area contributed by atoms with Crippen LogP contribution in [0.2, 0.25) is 5.02 Å². The zero-order valence-corrected chi connectivity index (χ0v) is 11.7. The summed E-state index contributed by atoms with van der Waals surface area (Å²) in [6.07, 6.45) is 2.14. The van der Waals surface area contributed by atoms with Crippen LogP contribution in [0.3, 0.4) is 0 Å². The summed E-state index contributed by atoms with van der Waals surface area (Å²) < 4.78 is 0. The number of H-pyrrole nitrogens is 1. The van der Waals surface area contributed by atoms with Gasteiger partial charge >= 0.3 is 0 Å². The lowest BCUT2D eigenvalue weighted by atomic mass is 10.1. The maximum absolute atomic E-state index is 5.94. The summed E-state index contributed by atoms with van der Waals surface area (Å²) >= 11 is 5.94. The first-order valence-electron chi connectivity index (χ1n) is 6.50. The van der Waals surface area contributed by atoms with Gasteiger partial charge in [0, 0.05) is 18.0 Å². The number of nitrogens with zero attached hydrogens (tertiary/aromatic N) is 1. The maximum Gasteiger partial charge on any atom is 0.108 e. The smallest absolute Gasteiger partial charge is 0.108 e. The van der Waals surface area contributed by atoms with Crippen molar-refractivity contribution in [2.75, 3.05) is 13.1 Å². The van der Waals surface area contributed by atoms with Gasteiger partial charge in [-0.25, -0.2) is 4.98 Å². The average molecular weight is 266 g/mol. The van der Waals surface area contributed by atoms with E-state index in [1.54, 1.807) is 0 Å². The van der Waals surface area contributed by atoms with E-state index >= 15 is 0 Å². The molecule has 1 heterocycles. The summed E-state index contributed by atoms with van der Waals surface area (Å²) in [6, 6.07) is 5.73. The zero-order valence-electron chi connectivity index (χ0n) is 11.0. The van der Waals surface area contributed by atoms with E-state index < -0.39 is 0 Å². The fourth-order valence-corrected chi connectivity index (χ4v) is 2.05. The minimum absolute atomic E-state index is 0.743. The van der Waals surface area contributed by atoms with Gasteiger partial charge in [0.25, 0.3) is 0 Å². The summed E-state index contributed by atoms with van der Waals surface area (Å²) in [7, 11) is 0. The van der Waals surface area contributed by atoms with E-state index in [4.69, 9.17) is 11.6 Å². The second-order valence-electron chi connectivity index (χ2n) is 5.03. The lowest BCUT2D eigenvalue weighted by molar-refractivity contribution is 0.537. The Balaban J connectivity index is 1.84. The summed E-state index contributed by atoms with van der Waals surface area (Å²) in [5.74, 6) is 1.77. The van der Waals surface area contributed by atoms with Crippen molar-refractivity contribution in [3.8, 4) is 0 Å². The van der Waals surface area contributed by atoms with E-state index in [0.29, 0.717) is 0 Å². The maximum atomic E-state index is 5.94. The number of hydrogen-bond donors (Lipinski definition) is 2. The SMILES string of the molecule is CC(C)CCNCCc1nc2ccc(Cl)cc2[nH]1. The molecule has 0 amide bonds. The van der Waals surface area contributed by atoms with Crippen molar-refractivity contribution in [3.63, 3.8) is 0 Å². The van der Waals surface area contributed by atoms with E-state index in [-0.39, 0.29) is 0 Å². The van der Waals surface area contributed by atoms with Gasteiger partial charge < -0.3 is 10.3 Å². The third-order valence-electron chi connectivity index (χ3n) is 2.93. The van der Waals surface area contributed by atoms with Gasteiger partial charge in [-0.1, -0.05) is 25.4 Å². The molecule has 98 valence electrons. The normalized spacial score (nSPS) is 11.6. The van der Waals surface area contributed by atoms with E-state index in [9.17, 15) is 0 Å². The highest BCUT2D eigenvalue weighted by Crippen LogP contribution is 2.17. The lowest BCUT2D eigenvalue weighted by Gasteiger charge is -2.05. The Morgan fingerprint density at radius 2 is 2.17 bits per heavy atom. The number of aromatic amines is 1. The first-order valence-corrected chi connectivity index (χ1v) is 6.88. The van der Waals surface area contributed by atoms with Crippen LogP contribution in [-0.2, 0) is 6.42 Å². The van der Waals surface area contributed by atoms with Crippen LogP contribution >= 0.6 is 11.6 Å². The van der Waals surface area contributed by atoms with Gasteiger partial charge in [-0.3, -0.25) is 0 Å². The summed E-state index contributed by atoms with van der Waals surface area (Å²) in [6.45, 7) is 6.51. The van der Waals surface area contributed by atoms with Crippen molar-refractivity contribution in [3.05, 3.63) is 29.0 Å². The third kappa shape index (κ3) is 3.72. The van der Waals surface area contributed by atoms with Crippen LogP contribution in [0.25, 0.3) is 11.0 Å². The highest BCUT2D eigenvalue weighted by atomic mass is 35.5. The molecule has 4 heteroatoms. The molecule has 0 bridgehead atoms. The standard InChI is InChI=1S/C14H20ClN3/c1-10(2)5-7-16-8-6-14-17-12-4-3-11(15)9-13(12)18-14/h3-4,9-10,16H,5-8H2,1-2H3,(H,17,18). The van der Waals surface area contributed by atoms with Crippen molar-refractivity contribution in [1.82, 2.24) is 15.3 Å². The fourth-order valence-electron chi connectivity index (χ4n) is 1.88. The number of aromatic nitrogens is 2. The molecule has 0 aliphatic heterocycles. The summed E-state index contributed by atoms with van der Waals surface area (Å²) in [5, 5.41) is 4.18. The number of halogens is 1. The second kappa shape index (κ2) is 6.21. The number of hydrogen-bond acceptors (Lipinski definition) is 2. The molecule has 0 spiro atoms. The van der Waals surface area contributed by atoms with Gasteiger partial charge in [0.1, 0.15) is 5.82 Å². The number of nitrogens with one attached hydrogen (secondary N) is 2. The molecular formula is C14H20ClN3. The van der Waals surface area contributed by atoms with Crippen LogP contribution in [0.15, 0.2) is 18.2 Å². The Bertz CT molecular complexity index is 505. The van der Waals surface area contributed by atoms with Crippen LogP contribution in [0.1, 0.15) is 26.1 Å². The second-order valence-corrected chi connectivity index (χ2v) is 5.46. The van der Waals surface area contributed by atoms with Crippen molar-refractivity contribution in [2.24, 2.45) is 5.92 Å². The highest BCUT2D eigenvalue weighted by Gasteiger charge is 2.03. The Morgan fingerprint density at radius 1 is 1.33 bits per heavy atom. The number of benzene rings is 1. The van der Waals surface area contributed by atoms with Gasteiger partial charge in [-0.05, 0) is 37.1 Å². The fraction of sp³-hybridized carbons (Fsp3) is 0.500. The molecule has 0 aliphatic rings. The molecule has 0 saturated heterocycles. The van der Waals surface area contributed by atoms with Crippen molar-refractivity contribution in [1.29, 1.82) is 0 Å². The van der Waals surface area contributed by atoms with E-state index in [1.165, 1.54) is 6.42 Å². The van der Waals surface area contributed by atoms with Gasteiger partial charge in [0.2, 0.25) is 0 Å². The van der Waals surface area contributed by atoms with Gasteiger partial charge in [0.05, 0.1) is 11.0 Å². The predicted molar refractivity (Wildman–Crippen MR) is 77.1 cm³/mol. The molecule has 2 rings (SSSR count). The molecule has 2 aromatic rings. The average Bonchev–Trinajstić information content (AvgIpc) is 2.70. The molecule has 3 nitrogen and oxygen atoms in total. The summed E-state index contributed by atoms with van der Waals surface area (Å²) in [4.78, 5) is 7.83. The molecule has 0 atom stereocenters. The topological polar surface area (TPSA) is 40.7 Å². The molecule has 0 unspecified atom stereocenters. The zero-order chi connectivity index (χ0) is 13.0. The monoisotopic (exact) mass is 265 g/mol. The Labute approximate surface area is 113 Å². The number of rotatable bonds is 6. The molecule has 2 N–H and O–H groups in total. The van der Waals surface area contributed by atoms with Crippen molar-refractivity contribution < 1.29 is 0 Å². The molecule has 0 saturated carbocycles. The molecule has 0 aliphatic carbocycles. The van der Waals surface area contributed by atoms with Gasteiger partial charge in [0.15, 0.2) is 0 Å².